The number of phenols is 1. The van der Waals surface area contributed by atoms with E-state index < -0.39 is 5.97 Å². The Kier molecular flexibility index (Phi) is 4.51. The lowest BCUT2D eigenvalue weighted by Crippen LogP contribution is -2.28. The van der Waals surface area contributed by atoms with Crippen molar-refractivity contribution < 1.29 is 19.8 Å². The number of aliphatic carboxylic acids is 1. The van der Waals surface area contributed by atoms with Crippen LogP contribution in [0, 0.1) is 0 Å². The van der Waals surface area contributed by atoms with Crippen molar-refractivity contribution in [2.24, 2.45) is 0 Å². The van der Waals surface area contributed by atoms with Gasteiger partial charge in [0.1, 0.15) is 5.75 Å². The molecule has 0 aliphatic carbocycles. The third-order valence-electron chi connectivity index (χ3n) is 2.35. The number of carboxylic acids is 1. The van der Waals surface area contributed by atoms with E-state index in [4.69, 9.17) is 10.2 Å². The third kappa shape index (κ3) is 4.14. The van der Waals surface area contributed by atoms with Crippen LogP contribution in [0.4, 0.5) is 0 Å². The van der Waals surface area contributed by atoms with Crippen molar-refractivity contribution in [1.29, 1.82) is 0 Å². The Hall–Kier alpha value is -2.04. The van der Waals surface area contributed by atoms with Gasteiger partial charge in [0.05, 0.1) is 0 Å². The van der Waals surface area contributed by atoms with Crippen LogP contribution in [0.5, 0.6) is 5.75 Å². The van der Waals surface area contributed by atoms with Gasteiger partial charge in [0.2, 0.25) is 0 Å². The van der Waals surface area contributed by atoms with Crippen molar-refractivity contribution in [2.75, 3.05) is 13.6 Å². The Morgan fingerprint density at radius 2 is 1.82 bits per heavy atom. The molecule has 0 heterocycles. The second-order valence-electron chi connectivity index (χ2n) is 3.77. The average Bonchev–Trinajstić information content (AvgIpc) is 2.28. The monoisotopic (exact) mass is 237 g/mol. The van der Waals surface area contributed by atoms with E-state index in [-0.39, 0.29) is 18.1 Å². The van der Waals surface area contributed by atoms with Gasteiger partial charge < -0.3 is 15.1 Å². The van der Waals surface area contributed by atoms with Gasteiger partial charge in [-0.3, -0.25) is 9.59 Å². The summed E-state index contributed by atoms with van der Waals surface area (Å²) in [6, 6.07) is 5.95. The summed E-state index contributed by atoms with van der Waals surface area (Å²) < 4.78 is 0. The molecule has 0 radical (unpaired) electrons. The number of benzene rings is 1. The fraction of sp³-hybridized carbons (Fsp3) is 0.333. The first kappa shape index (κ1) is 13.0. The lowest BCUT2D eigenvalue weighted by molar-refractivity contribution is -0.137. The number of carbonyl (C=O) groups excluding carboxylic acids is 1. The topological polar surface area (TPSA) is 77.8 Å². The number of phenolic OH excluding ortho intramolecular Hbond substituents is 1. The highest BCUT2D eigenvalue weighted by Gasteiger charge is 2.11. The van der Waals surface area contributed by atoms with E-state index >= 15 is 0 Å². The predicted molar refractivity (Wildman–Crippen MR) is 61.9 cm³/mol. The SMILES string of the molecule is CN(CCCC(=O)O)C(=O)c1ccc(O)cc1. The molecule has 5 heteroatoms. The van der Waals surface area contributed by atoms with Crippen LogP contribution in [0.15, 0.2) is 24.3 Å². The first-order chi connectivity index (χ1) is 8.00. The highest BCUT2D eigenvalue weighted by molar-refractivity contribution is 5.94. The Labute approximate surface area is 99.3 Å². The lowest BCUT2D eigenvalue weighted by Gasteiger charge is -2.16. The van der Waals surface area contributed by atoms with E-state index in [1.807, 2.05) is 0 Å². The first-order valence-corrected chi connectivity index (χ1v) is 5.27. The summed E-state index contributed by atoms with van der Waals surface area (Å²) in [5.74, 6) is -0.944. The molecule has 0 aliphatic rings. The number of hydrogen-bond donors (Lipinski definition) is 2. The molecule has 0 atom stereocenters. The van der Waals surface area contributed by atoms with E-state index in [0.717, 1.165) is 0 Å². The predicted octanol–water partition coefficient (Wildman–Crippen LogP) is 1.33. The largest absolute Gasteiger partial charge is 0.508 e. The summed E-state index contributed by atoms with van der Waals surface area (Å²) in [5, 5.41) is 17.6. The molecule has 0 spiro atoms. The number of amides is 1. The van der Waals surface area contributed by atoms with Gasteiger partial charge in [-0.25, -0.2) is 0 Å². The molecular weight excluding hydrogens is 222 g/mol. The fourth-order valence-corrected chi connectivity index (χ4v) is 1.39. The number of hydrogen-bond acceptors (Lipinski definition) is 3. The van der Waals surface area contributed by atoms with Crippen LogP contribution in [-0.4, -0.2) is 40.6 Å². The van der Waals surface area contributed by atoms with Gasteiger partial charge in [0.25, 0.3) is 5.91 Å². The number of aromatic hydroxyl groups is 1. The second kappa shape index (κ2) is 5.89. The summed E-state index contributed by atoms with van der Waals surface area (Å²) in [4.78, 5) is 23.6. The maximum absolute atomic E-state index is 11.8. The third-order valence-corrected chi connectivity index (χ3v) is 2.35. The molecule has 1 amide bonds. The summed E-state index contributed by atoms with van der Waals surface area (Å²) in [6.07, 6.45) is 0.475. The average molecular weight is 237 g/mol. The van der Waals surface area contributed by atoms with E-state index in [0.29, 0.717) is 18.5 Å². The van der Waals surface area contributed by atoms with Gasteiger partial charge in [0.15, 0.2) is 0 Å². The zero-order valence-corrected chi connectivity index (χ0v) is 9.59. The summed E-state index contributed by atoms with van der Waals surface area (Å²) in [7, 11) is 1.62. The first-order valence-electron chi connectivity index (χ1n) is 5.27. The Morgan fingerprint density at radius 1 is 1.24 bits per heavy atom. The van der Waals surface area contributed by atoms with Crippen molar-refractivity contribution in [1.82, 2.24) is 4.90 Å². The molecule has 92 valence electrons. The molecule has 17 heavy (non-hydrogen) atoms. The van der Waals surface area contributed by atoms with Gasteiger partial charge in [-0.2, -0.15) is 0 Å². The molecule has 0 unspecified atom stereocenters. The van der Waals surface area contributed by atoms with Gasteiger partial charge in [-0.15, -0.1) is 0 Å². The lowest BCUT2D eigenvalue weighted by atomic mass is 10.2. The Balaban J connectivity index is 2.51. The van der Waals surface area contributed by atoms with Crippen molar-refractivity contribution in [3.8, 4) is 5.75 Å². The van der Waals surface area contributed by atoms with E-state index in [1.165, 1.54) is 29.2 Å². The maximum atomic E-state index is 11.8. The highest BCUT2D eigenvalue weighted by atomic mass is 16.4. The molecule has 1 aromatic carbocycles. The minimum atomic E-state index is -0.865. The van der Waals surface area contributed by atoms with Crippen LogP contribution in [0.25, 0.3) is 0 Å². The molecular formula is C12H15NO4. The minimum absolute atomic E-state index is 0.0488. The number of rotatable bonds is 5. The Morgan fingerprint density at radius 3 is 2.35 bits per heavy atom. The number of carbonyl (C=O) groups is 2. The molecule has 0 aliphatic heterocycles. The van der Waals surface area contributed by atoms with Crippen LogP contribution in [0.1, 0.15) is 23.2 Å². The van der Waals surface area contributed by atoms with Crippen molar-refractivity contribution >= 4 is 11.9 Å². The molecule has 0 saturated heterocycles. The van der Waals surface area contributed by atoms with Crippen LogP contribution in [0.3, 0.4) is 0 Å². The van der Waals surface area contributed by atoms with Gasteiger partial charge in [-0.05, 0) is 30.7 Å². The standard InChI is InChI=1S/C12H15NO4/c1-13(8-2-3-11(15)16)12(17)9-4-6-10(14)7-5-9/h4-7,14H,2-3,8H2,1H3,(H,15,16). The van der Waals surface area contributed by atoms with E-state index in [1.54, 1.807) is 7.05 Å². The van der Waals surface area contributed by atoms with Gasteiger partial charge >= 0.3 is 5.97 Å². The molecule has 0 fully saturated rings. The normalized spacial score (nSPS) is 9.94. The summed E-state index contributed by atoms with van der Waals surface area (Å²) >= 11 is 0. The van der Waals surface area contributed by atoms with Crippen LogP contribution in [0.2, 0.25) is 0 Å². The molecule has 0 saturated carbocycles. The van der Waals surface area contributed by atoms with Crippen LogP contribution in [-0.2, 0) is 4.79 Å². The molecule has 0 bridgehead atoms. The molecule has 5 nitrogen and oxygen atoms in total. The maximum Gasteiger partial charge on any atom is 0.303 e. The summed E-state index contributed by atoms with van der Waals surface area (Å²) in [6.45, 7) is 0.395. The van der Waals surface area contributed by atoms with Crippen LogP contribution < -0.4 is 0 Å². The summed E-state index contributed by atoms with van der Waals surface area (Å²) in [5.41, 5.74) is 0.473. The second-order valence-corrected chi connectivity index (χ2v) is 3.77. The van der Waals surface area contributed by atoms with Gasteiger partial charge in [0, 0.05) is 25.6 Å². The van der Waals surface area contributed by atoms with Crippen molar-refractivity contribution in [3.63, 3.8) is 0 Å². The highest BCUT2D eigenvalue weighted by Crippen LogP contribution is 2.11. The Bertz CT molecular complexity index is 399. The van der Waals surface area contributed by atoms with E-state index in [9.17, 15) is 9.59 Å². The van der Waals surface area contributed by atoms with E-state index in [2.05, 4.69) is 0 Å². The minimum Gasteiger partial charge on any atom is -0.508 e. The van der Waals surface area contributed by atoms with Crippen LogP contribution >= 0.6 is 0 Å². The molecule has 1 rings (SSSR count). The number of carboxylic acid groups (broad SMARTS) is 1. The van der Waals surface area contributed by atoms with Crippen molar-refractivity contribution in [2.45, 2.75) is 12.8 Å². The molecule has 2 N–H and O–H groups in total. The van der Waals surface area contributed by atoms with Crippen molar-refractivity contribution in [3.05, 3.63) is 29.8 Å². The molecule has 0 aromatic heterocycles. The zero-order valence-electron chi connectivity index (χ0n) is 9.59. The fourth-order valence-electron chi connectivity index (χ4n) is 1.39. The molecule has 1 aromatic rings. The quantitative estimate of drug-likeness (QED) is 0.809. The number of nitrogens with zero attached hydrogens (tertiary/aromatic N) is 1. The smallest absolute Gasteiger partial charge is 0.303 e. The zero-order chi connectivity index (χ0) is 12.8. The van der Waals surface area contributed by atoms with Gasteiger partial charge in [-0.1, -0.05) is 0 Å².